The van der Waals surface area contributed by atoms with Crippen LogP contribution in [-0.4, -0.2) is 18.5 Å². The number of ether oxygens (including phenoxy) is 2. The third-order valence-electron chi connectivity index (χ3n) is 2.31. The van der Waals surface area contributed by atoms with Crippen LogP contribution in [0.25, 0.3) is 0 Å². The summed E-state index contributed by atoms with van der Waals surface area (Å²) in [5.41, 5.74) is 0.935. The molecule has 2 rings (SSSR count). The molecule has 1 unspecified atom stereocenters. The minimum Gasteiger partial charge on any atom is -0.453 e. The lowest BCUT2D eigenvalue weighted by Crippen LogP contribution is -2.01. The molecule has 0 aromatic heterocycles. The summed E-state index contributed by atoms with van der Waals surface area (Å²) in [6.45, 7) is 2.20. The second-order valence-corrected chi connectivity index (χ2v) is 3.69. The van der Waals surface area contributed by atoms with Gasteiger partial charge in [0, 0.05) is 18.1 Å². The minimum atomic E-state index is 0.0303. The number of benzene rings is 1. The molecule has 0 aliphatic carbocycles. The van der Waals surface area contributed by atoms with Gasteiger partial charge in [-0.05, 0) is 6.07 Å². The van der Waals surface area contributed by atoms with Crippen LogP contribution >= 0.6 is 11.6 Å². The van der Waals surface area contributed by atoms with Crippen LogP contribution in [0, 0.1) is 0 Å². The number of aliphatic hydroxyl groups is 1. The van der Waals surface area contributed by atoms with Crippen LogP contribution in [0.2, 0.25) is 5.02 Å². The highest BCUT2D eigenvalue weighted by atomic mass is 35.5. The van der Waals surface area contributed by atoms with Gasteiger partial charge in [0.1, 0.15) is 0 Å². The van der Waals surface area contributed by atoms with Gasteiger partial charge in [0.25, 0.3) is 0 Å². The predicted octanol–water partition coefficient (Wildman–Crippen LogP) is 2.16. The van der Waals surface area contributed by atoms with Crippen LogP contribution in [-0.2, 0) is 0 Å². The summed E-state index contributed by atoms with van der Waals surface area (Å²) >= 11 is 5.92. The van der Waals surface area contributed by atoms with Crippen molar-refractivity contribution in [3.63, 3.8) is 0 Å². The van der Waals surface area contributed by atoms with Gasteiger partial charge in [0.2, 0.25) is 6.79 Å². The van der Waals surface area contributed by atoms with Gasteiger partial charge in [-0.1, -0.05) is 24.6 Å². The van der Waals surface area contributed by atoms with E-state index in [4.69, 9.17) is 26.2 Å². The van der Waals surface area contributed by atoms with Gasteiger partial charge in [0.15, 0.2) is 11.5 Å². The number of halogens is 1. The van der Waals surface area contributed by atoms with Crippen LogP contribution in [0.5, 0.6) is 11.5 Å². The SMILES string of the molecule is CC(CO)c1ccc(Cl)c2c1OCO2. The lowest BCUT2D eigenvalue weighted by Gasteiger charge is -2.11. The first kappa shape index (κ1) is 9.62. The quantitative estimate of drug-likeness (QED) is 0.820. The van der Waals surface area contributed by atoms with Gasteiger partial charge >= 0.3 is 0 Å². The maximum atomic E-state index is 9.06. The molecule has 0 saturated heterocycles. The molecule has 3 nitrogen and oxygen atoms in total. The first-order valence-electron chi connectivity index (χ1n) is 4.43. The van der Waals surface area contributed by atoms with Crippen molar-refractivity contribution < 1.29 is 14.6 Å². The Morgan fingerprint density at radius 1 is 1.43 bits per heavy atom. The minimum absolute atomic E-state index is 0.0303. The summed E-state index contributed by atoms with van der Waals surface area (Å²) in [5.74, 6) is 1.28. The van der Waals surface area contributed by atoms with Gasteiger partial charge in [0.05, 0.1) is 5.02 Å². The van der Waals surface area contributed by atoms with Crippen LogP contribution in [0.1, 0.15) is 18.4 Å². The van der Waals surface area contributed by atoms with Gasteiger partial charge in [-0.15, -0.1) is 0 Å². The summed E-state index contributed by atoms with van der Waals surface area (Å²) in [4.78, 5) is 0. The molecule has 0 bridgehead atoms. The lowest BCUT2D eigenvalue weighted by molar-refractivity contribution is 0.172. The molecule has 0 fully saturated rings. The second-order valence-electron chi connectivity index (χ2n) is 3.29. The van der Waals surface area contributed by atoms with E-state index < -0.39 is 0 Å². The van der Waals surface area contributed by atoms with Crippen molar-refractivity contribution in [2.24, 2.45) is 0 Å². The number of rotatable bonds is 2. The largest absolute Gasteiger partial charge is 0.453 e. The highest BCUT2D eigenvalue weighted by Gasteiger charge is 2.23. The van der Waals surface area contributed by atoms with Crippen molar-refractivity contribution in [2.75, 3.05) is 13.4 Å². The van der Waals surface area contributed by atoms with Crippen molar-refractivity contribution >= 4 is 11.6 Å². The zero-order valence-corrected chi connectivity index (χ0v) is 8.54. The molecule has 0 spiro atoms. The molecule has 0 radical (unpaired) electrons. The Bertz CT molecular complexity index is 351. The highest BCUT2D eigenvalue weighted by Crippen LogP contribution is 2.43. The van der Waals surface area contributed by atoms with Crippen LogP contribution in [0.4, 0.5) is 0 Å². The molecule has 1 aliphatic rings. The Labute approximate surface area is 87.2 Å². The monoisotopic (exact) mass is 214 g/mol. The van der Waals surface area contributed by atoms with E-state index >= 15 is 0 Å². The number of hydrogen-bond acceptors (Lipinski definition) is 3. The van der Waals surface area contributed by atoms with Gasteiger partial charge in [-0.2, -0.15) is 0 Å². The summed E-state index contributed by atoms with van der Waals surface area (Å²) < 4.78 is 10.5. The van der Waals surface area contributed by atoms with Crippen LogP contribution < -0.4 is 9.47 Å². The van der Waals surface area contributed by atoms with Crippen LogP contribution in [0.3, 0.4) is 0 Å². The van der Waals surface area contributed by atoms with E-state index in [9.17, 15) is 0 Å². The fourth-order valence-electron chi connectivity index (χ4n) is 1.47. The van der Waals surface area contributed by atoms with Crippen molar-refractivity contribution in [2.45, 2.75) is 12.8 Å². The lowest BCUT2D eigenvalue weighted by atomic mass is 10.0. The maximum absolute atomic E-state index is 9.06. The molecule has 14 heavy (non-hydrogen) atoms. The fourth-order valence-corrected chi connectivity index (χ4v) is 1.67. The van der Waals surface area contributed by atoms with Crippen molar-refractivity contribution in [1.29, 1.82) is 0 Å². The fraction of sp³-hybridized carbons (Fsp3) is 0.400. The Kier molecular flexibility index (Phi) is 2.52. The molecule has 1 aromatic rings. The van der Waals surface area contributed by atoms with E-state index in [-0.39, 0.29) is 19.3 Å². The first-order valence-corrected chi connectivity index (χ1v) is 4.80. The zero-order valence-electron chi connectivity index (χ0n) is 7.79. The van der Waals surface area contributed by atoms with E-state index in [2.05, 4.69) is 0 Å². The van der Waals surface area contributed by atoms with Crippen molar-refractivity contribution in [3.05, 3.63) is 22.7 Å². The first-order chi connectivity index (χ1) is 6.74. The van der Waals surface area contributed by atoms with Crippen molar-refractivity contribution in [1.82, 2.24) is 0 Å². The second kappa shape index (κ2) is 3.67. The molecular formula is C10H11ClO3. The maximum Gasteiger partial charge on any atom is 0.231 e. The predicted molar refractivity (Wildman–Crippen MR) is 53.1 cm³/mol. The summed E-state index contributed by atoms with van der Waals surface area (Å²) in [6, 6.07) is 3.62. The molecule has 0 saturated carbocycles. The molecule has 76 valence electrons. The van der Waals surface area contributed by atoms with E-state index in [1.807, 2.05) is 13.0 Å². The summed E-state index contributed by atoms with van der Waals surface area (Å²) in [7, 11) is 0. The number of aliphatic hydroxyl groups excluding tert-OH is 1. The standard InChI is InChI=1S/C10H11ClO3/c1-6(4-12)7-2-3-8(11)10-9(7)13-5-14-10/h2-3,6,12H,4-5H2,1H3. The Hall–Kier alpha value is -0.930. The number of fused-ring (bicyclic) bond motifs is 1. The van der Waals surface area contributed by atoms with Gasteiger partial charge < -0.3 is 14.6 Å². The molecule has 1 aliphatic heterocycles. The Balaban J connectivity index is 2.48. The van der Waals surface area contributed by atoms with E-state index in [1.165, 1.54) is 0 Å². The average Bonchev–Trinajstić information content (AvgIpc) is 2.67. The third-order valence-corrected chi connectivity index (χ3v) is 2.60. The summed E-state index contributed by atoms with van der Waals surface area (Å²) in [6.07, 6.45) is 0. The smallest absolute Gasteiger partial charge is 0.231 e. The van der Waals surface area contributed by atoms with Gasteiger partial charge in [-0.25, -0.2) is 0 Å². The normalized spacial score (nSPS) is 15.6. The Morgan fingerprint density at radius 2 is 2.14 bits per heavy atom. The van der Waals surface area contributed by atoms with Crippen molar-refractivity contribution in [3.8, 4) is 11.5 Å². The molecule has 0 amide bonds. The molecule has 4 heteroatoms. The highest BCUT2D eigenvalue weighted by molar-refractivity contribution is 6.32. The molecule has 1 atom stereocenters. The van der Waals surface area contributed by atoms with Gasteiger partial charge in [-0.3, -0.25) is 0 Å². The molecule has 1 N–H and O–H groups in total. The molecule has 1 heterocycles. The average molecular weight is 215 g/mol. The topological polar surface area (TPSA) is 38.7 Å². The van der Waals surface area contributed by atoms with E-state index in [1.54, 1.807) is 6.07 Å². The summed E-state index contributed by atoms with van der Waals surface area (Å²) in [5, 5.41) is 9.61. The van der Waals surface area contributed by atoms with E-state index in [0.717, 1.165) is 5.56 Å². The zero-order chi connectivity index (χ0) is 10.1. The number of hydrogen-bond donors (Lipinski definition) is 1. The van der Waals surface area contributed by atoms with E-state index in [0.29, 0.717) is 16.5 Å². The third kappa shape index (κ3) is 1.42. The molecular weight excluding hydrogens is 204 g/mol. The Morgan fingerprint density at radius 3 is 2.86 bits per heavy atom. The van der Waals surface area contributed by atoms with Crippen LogP contribution in [0.15, 0.2) is 12.1 Å². The molecule has 1 aromatic carbocycles.